The third kappa shape index (κ3) is 3.29. The van der Waals surface area contributed by atoms with Gasteiger partial charge in [-0.1, -0.05) is 18.4 Å². The standard InChI is InChI=1S/C12H20N6O3/c1-3-4-12(9(19)20)5-7-18(8-6-12)11(21)13-10-14-16-17(2)15-10/h3-8H2,1-2H3,(H,19,20)(H,13,15,21). The molecular weight excluding hydrogens is 276 g/mol. The first-order valence-electron chi connectivity index (χ1n) is 7.00. The fourth-order valence-corrected chi connectivity index (χ4v) is 2.70. The Kier molecular flexibility index (Phi) is 4.39. The van der Waals surface area contributed by atoms with Crippen LogP contribution in [0, 0.1) is 5.41 Å². The number of anilines is 1. The van der Waals surface area contributed by atoms with Crippen molar-refractivity contribution in [1.82, 2.24) is 25.1 Å². The number of aryl methyl sites for hydroxylation is 1. The molecule has 0 unspecified atom stereocenters. The second-order valence-corrected chi connectivity index (χ2v) is 5.36. The van der Waals surface area contributed by atoms with Crippen LogP contribution in [0.25, 0.3) is 0 Å². The molecule has 1 saturated heterocycles. The fourth-order valence-electron chi connectivity index (χ4n) is 2.70. The molecule has 1 aromatic rings. The molecule has 9 nitrogen and oxygen atoms in total. The molecule has 21 heavy (non-hydrogen) atoms. The molecule has 1 aliphatic rings. The summed E-state index contributed by atoms with van der Waals surface area (Å²) in [5.41, 5.74) is -0.698. The highest BCUT2D eigenvalue weighted by Crippen LogP contribution is 2.36. The number of carboxylic acids is 1. The summed E-state index contributed by atoms with van der Waals surface area (Å²) < 4.78 is 0. The summed E-state index contributed by atoms with van der Waals surface area (Å²) in [5, 5.41) is 23.2. The molecule has 9 heteroatoms. The van der Waals surface area contributed by atoms with Crippen LogP contribution in [0.4, 0.5) is 10.7 Å². The molecule has 0 aromatic carbocycles. The van der Waals surface area contributed by atoms with E-state index in [-0.39, 0.29) is 12.0 Å². The predicted molar refractivity (Wildman–Crippen MR) is 73.6 cm³/mol. The van der Waals surface area contributed by atoms with Crippen molar-refractivity contribution in [2.45, 2.75) is 32.6 Å². The number of hydrogen-bond acceptors (Lipinski definition) is 5. The number of carbonyl (C=O) groups is 2. The highest BCUT2D eigenvalue weighted by molar-refractivity contribution is 5.87. The third-order valence-corrected chi connectivity index (χ3v) is 3.92. The summed E-state index contributed by atoms with van der Waals surface area (Å²) in [6.45, 7) is 2.81. The number of urea groups is 1. The lowest BCUT2D eigenvalue weighted by Gasteiger charge is -2.38. The summed E-state index contributed by atoms with van der Waals surface area (Å²) in [5.74, 6) is -0.619. The molecule has 0 saturated carbocycles. The van der Waals surface area contributed by atoms with Gasteiger partial charge >= 0.3 is 12.0 Å². The monoisotopic (exact) mass is 296 g/mol. The van der Waals surface area contributed by atoms with Gasteiger partial charge in [0.05, 0.1) is 12.5 Å². The number of piperidine rings is 1. The molecule has 1 aromatic heterocycles. The zero-order chi connectivity index (χ0) is 15.5. The van der Waals surface area contributed by atoms with Gasteiger partial charge in [-0.05, 0) is 24.5 Å². The number of carbonyl (C=O) groups excluding carboxylic acids is 1. The third-order valence-electron chi connectivity index (χ3n) is 3.92. The average Bonchev–Trinajstić information content (AvgIpc) is 2.85. The van der Waals surface area contributed by atoms with E-state index in [1.54, 1.807) is 11.9 Å². The van der Waals surface area contributed by atoms with E-state index in [2.05, 4.69) is 20.7 Å². The Bertz CT molecular complexity index is 521. The van der Waals surface area contributed by atoms with Crippen LogP contribution < -0.4 is 5.32 Å². The highest BCUT2D eigenvalue weighted by Gasteiger charge is 2.41. The van der Waals surface area contributed by atoms with Gasteiger partial charge < -0.3 is 10.0 Å². The molecule has 0 bridgehead atoms. The number of nitrogens with one attached hydrogen (secondary N) is 1. The first-order valence-corrected chi connectivity index (χ1v) is 7.00. The van der Waals surface area contributed by atoms with Crippen molar-refractivity contribution < 1.29 is 14.7 Å². The lowest BCUT2D eigenvalue weighted by atomic mass is 9.75. The minimum atomic E-state index is -0.764. The number of aromatic nitrogens is 4. The van der Waals surface area contributed by atoms with E-state index in [0.29, 0.717) is 32.4 Å². The summed E-state index contributed by atoms with van der Waals surface area (Å²) in [4.78, 5) is 26.4. The fraction of sp³-hybridized carbons (Fsp3) is 0.750. The topological polar surface area (TPSA) is 113 Å². The number of rotatable bonds is 4. The zero-order valence-electron chi connectivity index (χ0n) is 12.2. The van der Waals surface area contributed by atoms with E-state index in [9.17, 15) is 14.7 Å². The van der Waals surface area contributed by atoms with Gasteiger partial charge in [-0.25, -0.2) is 4.79 Å². The van der Waals surface area contributed by atoms with Crippen molar-refractivity contribution in [2.75, 3.05) is 18.4 Å². The maximum Gasteiger partial charge on any atom is 0.324 e. The molecule has 2 heterocycles. The molecule has 1 fully saturated rings. The van der Waals surface area contributed by atoms with Crippen LogP contribution in [0.5, 0.6) is 0 Å². The van der Waals surface area contributed by atoms with Crippen molar-refractivity contribution in [3.05, 3.63) is 0 Å². The lowest BCUT2D eigenvalue weighted by molar-refractivity contribution is -0.152. The minimum Gasteiger partial charge on any atom is -0.481 e. The smallest absolute Gasteiger partial charge is 0.324 e. The van der Waals surface area contributed by atoms with Crippen LogP contribution >= 0.6 is 0 Å². The van der Waals surface area contributed by atoms with Crippen molar-refractivity contribution in [1.29, 1.82) is 0 Å². The largest absolute Gasteiger partial charge is 0.481 e. The molecular formula is C12H20N6O3. The lowest BCUT2D eigenvalue weighted by Crippen LogP contribution is -2.47. The Morgan fingerprint density at radius 3 is 2.52 bits per heavy atom. The second-order valence-electron chi connectivity index (χ2n) is 5.36. The van der Waals surface area contributed by atoms with Crippen LogP contribution in [0.2, 0.25) is 0 Å². The summed E-state index contributed by atoms with van der Waals surface area (Å²) >= 11 is 0. The quantitative estimate of drug-likeness (QED) is 0.846. The molecule has 0 atom stereocenters. The number of tetrazole rings is 1. The van der Waals surface area contributed by atoms with E-state index in [4.69, 9.17) is 0 Å². The van der Waals surface area contributed by atoms with Crippen LogP contribution in [-0.2, 0) is 11.8 Å². The van der Waals surface area contributed by atoms with Gasteiger partial charge in [-0.3, -0.25) is 10.1 Å². The van der Waals surface area contributed by atoms with E-state index in [1.807, 2.05) is 6.92 Å². The van der Waals surface area contributed by atoms with Crippen LogP contribution in [0.15, 0.2) is 0 Å². The Morgan fingerprint density at radius 2 is 2.05 bits per heavy atom. The second kappa shape index (κ2) is 6.06. The number of likely N-dealkylation sites (tertiary alicyclic amines) is 1. The Morgan fingerprint density at radius 1 is 1.38 bits per heavy atom. The summed E-state index contributed by atoms with van der Waals surface area (Å²) in [7, 11) is 1.61. The van der Waals surface area contributed by atoms with Gasteiger partial charge in [0.15, 0.2) is 0 Å². The van der Waals surface area contributed by atoms with E-state index in [0.717, 1.165) is 6.42 Å². The molecule has 116 valence electrons. The van der Waals surface area contributed by atoms with E-state index < -0.39 is 11.4 Å². The Hall–Kier alpha value is -2.19. The maximum absolute atomic E-state index is 12.1. The van der Waals surface area contributed by atoms with E-state index in [1.165, 1.54) is 4.80 Å². The van der Waals surface area contributed by atoms with Crippen LogP contribution in [-0.4, -0.2) is 55.3 Å². The molecule has 2 N–H and O–H groups in total. The number of hydrogen-bond donors (Lipinski definition) is 2. The molecule has 0 radical (unpaired) electrons. The van der Waals surface area contributed by atoms with Crippen molar-refractivity contribution in [2.24, 2.45) is 12.5 Å². The van der Waals surface area contributed by atoms with Crippen LogP contribution in [0.1, 0.15) is 32.6 Å². The first kappa shape index (κ1) is 15.2. The minimum absolute atomic E-state index is 0.145. The molecule has 1 aliphatic heterocycles. The molecule has 0 aliphatic carbocycles. The molecule has 2 amide bonds. The van der Waals surface area contributed by atoms with Gasteiger partial charge in [0.25, 0.3) is 5.95 Å². The van der Waals surface area contributed by atoms with Gasteiger partial charge in [-0.2, -0.15) is 4.80 Å². The van der Waals surface area contributed by atoms with Gasteiger partial charge in [0.1, 0.15) is 0 Å². The number of aliphatic carboxylic acids is 1. The van der Waals surface area contributed by atoms with Crippen molar-refractivity contribution in [3.8, 4) is 0 Å². The average molecular weight is 296 g/mol. The van der Waals surface area contributed by atoms with Gasteiger partial charge in [0, 0.05) is 13.1 Å². The Labute approximate surface area is 122 Å². The Balaban J connectivity index is 1.93. The van der Waals surface area contributed by atoms with Crippen LogP contribution in [0.3, 0.4) is 0 Å². The van der Waals surface area contributed by atoms with E-state index >= 15 is 0 Å². The normalized spacial score (nSPS) is 17.5. The SMILES string of the molecule is CCCC1(C(=O)O)CCN(C(=O)Nc2nnn(C)n2)CC1. The van der Waals surface area contributed by atoms with Gasteiger partial charge in [0.2, 0.25) is 0 Å². The number of amides is 2. The van der Waals surface area contributed by atoms with Crippen molar-refractivity contribution in [3.63, 3.8) is 0 Å². The summed E-state index contributed by atoms with van der Waals surface area (Å²) in [6.07, 6.45) is 2.40. The maximum atomic E-state index is 12.1. The molecule has 0 spiro atoms. The predicted octanol–water partition coefficient (Wildman–Crippen LogP) is 0.709. The van der Waals surface area contributed by atoms with Crippen molar-refractivity contribution >= 4 is 17.9 Å². The zero-order valence-corrected chi connectivity index (χ0v) is 12.2. The van der Waals surface area contributed by atoms with Gasteiger partial charge in [-0.15, -0.1) is 5.10 Å². The number of carboxylic acid groups (broad SMARTS) is 1. The summed E-state index contributed by atoms with van der Waals surface area (Å²) in [6, 6.07) is -0.321. The number of nitrogens with zero attached hydrogens (tertiary/aromatic N) is 5. The highest BCUT2D eigenvalue weighted by atomic mass is 16.4. The molecule has 2 rings (SSSR count). The first-order chi connectivity index (χ1) is 9.97.